The molecule has 290 valence electrons. The maximum Gasteiger partial charge on any atom is 0.229 e. The summed E-state index contributed by atoms with van der Waals surface area (Å²) in [6.07, 6.45) is 2.71. The molecule has 15 heteroatoms. The van der Waals surface area contributed by atoms with Crippen LogP contribution < -0.4 is 30.5 Å². The monoisotopic (exact) mass is 806 g/mol. The summed E-state index contributed by atoms with van der Waals surface area (Å²) in [5, 5.41) is 10.8. The maximum absolute atomic E-state index is 13.3. The fourth-order valence-electron chi connectivity index (χ4n) is 7.15. The topological polar surface area (TPSA) is 132 Å². The largest absolute Gasteiger partial charge is 0.494 e. The molecule has 3 amide bonds. The molecule has 3 aromatic carbocycles. The summed E-state index contributed by atoms with van der Waals surface area (Å²) in [4.78, 5) is 53.7. The van der Waals surface area contributed by atoms with Crippen LogP contribution in [0.2, 0.25) is 15.1 Å². The van der Waals surface area contributed by atoms with Crippen molar-refractivity contribution in [1.82, 2.24) is 25.5 Å². The fourth-order valence-corrected chi connectivity index (χ4v) is 7.76. The normalized spacial score (nSPS) is 17.1. The number of methoxy groups -OCH3 is 1. The number of piperidine rings is 1. The Bertz CT molecular complexity index is 1920. The Hall–Kier alpha value is -4.78. The standard InChI is InChI=1S/C40H45Cl3N8O4/c1-26(52)49-13-15-50(16-14-49)31-11-12-35(36(20-31)55-2)47-40-46-23-34(43)39(48-40)51-24-27(18-37(53)44-21-29-7-3-5-9-32(29)41)17-28(25-51)19-38(54)45-22-30-8-4-6-10-33(30)42/h3-12,20,23,27-28H,13-19,21-22,24-25H2,1-2H3,(H,44,53)(H,45,54)(H,46,47,48)/t27-,28+. The van der Waals surface area contributed by atoms with Crippen molar-refractivity contribution >= 4 is 75.7 Å². The molecule has 2 aliphatic heterocycles. The van der Waals surface area contributed by atoms with Crippen molar-refractivity contribution in [3.8, 4) is 5.75 Å². The highest BCUT2D eigenvalue weighted by atomic mass is 35.5. The Morgan fingerprint density at radius 3 is 1.91 bits per heavy atom. The third-order valence-electron chi connectivity index (χ3n) is 9.99. The molecule has 2 fully saturated rings. The van der Waals surface area contributed by atoms with Gasteiger partial charge in [0, 0.05) is 93.9 Å². The average molecular weight is 808 g/mol. The molecule has 1 aromatic heterocycles. The van der Waals surface area contributed by atoms with Gasteiger partial charge in [0.05, 0.1) is 19.0 Å². The quantitative estimate of drug-likeness (QED) is 0.135. The number of amides is 3. The zero-order valence-electron chi connectivity index (χ0n) is 30.9. The van der Waals surface area contributed by atoms with Crippen molar-refractivity contribution in [2.24, 2.45) is 11.8 Å². The van der Waals surface area contributed by atoms with Gasteiger partial charge in [-0.05, 0) is 53.6 Å². The molecule has 3 heterocycles. The average Bonchev–Trinajstić information content (AvgIpc) is 3.18. The van der Waals surface area contributed by atoms with Crippen molar-refractivity contribution in [3.63, 3.8) is 0 Å². The van der Waals surface area contributed by atoms with Crippen LogP contribution in [0.15, 0.2) is 72.9 Å². The molecule has 0 bridgehead atoms. The molecule has 2 aliphatic rings. The van der Waals surface area contributed by atoms with Gasteiger partial charge >= 0.3 is 0 Å². The van der Waals surface area contributed by atoms with Crippen LogP contribution in [0.1, 0.15) is 37.3 Å². The first-order valence-electron chi connectivity index (χ1n) is 18.3. The summed E-state index contributed by atoms with van der Waals surface area (Å²) in [5.74, 6) is 1.11. The van der Waals surface area contributed by atoms with E-state index in [1.807, 2.05) is 64.4 Å². The SMILES string of the molecule is COc1cc(N2CCN(C(C)=O)CC2)ccc1Nc1ncc(Cl)c(N2C[C@H](CC(=O)NCc3ccccc3Cl)C[C@H](CC(=O)NCc3ccccc3Cl)C2)n1. The first-order valence-corrected chi connectivity index (χ1v) is 19.4. The van der Waals surface area contributed by atoms with Crippen molar-refractivity contribution in [1.29, 1.82) is 0 Å². The fraction of sp³-hybridized carbons (Fsp3) is 0.375. The number of carbonyl (C=O) groups excluding carboxylic acids is 3. The van der Waals surface area contributed by atoms with Crippen molar-refractivity contribution < 1.29 is 19.1 Å². The smallest absolute Gasteiger partial charge is 0.229 e. The minimum atomic E-state index is -0.110. The molecule has 4 aromatic rings. The number of benzene rings is 3. The number of ether oxygens (including phenoxy) is 1. The van der Waals surface area contributed by atoms with Crippen molar-refractivity contribution in [2.75, 3.05) is 61.5 Å². The molecule has 0 saturated carbocycles. The number of halogens is 3. The van der Waals surface area contributed by atoms with Gasteiger partial charge in [-0.2, -0.15) is 4.98 Å². The number of nitrogens with one attached hydrogen (secondary N) is 3. The highest BCUT2D eigenvalue weighted by Crippen LogP contribution is 2.36. The van der Waals surface area contributed by atoms with Gasteiger partial charge in [0.25, 0.3) is 0 Å². The van der Waals surface area contributed by atoms with E-state index in [0.717, 1.165) is 29.9 Å². The van der Waals surface area contributed by atoms with Crippen molar-refractivity contribution in [2.45, 2.75) is 39.3 Å². The molecule has 6 rings (SSSR count). The molecule has 3 N–H and O–H groups in total. The highest BCUT2D eigenvalue weighted by molar-refractivity contribution is 6.33. The van der Waals surface area contributed by atoms with Gasteiger partial charge in [0.2, 0.25) is 23.7 Å². The van der Waals surface area contributed by atoms with Crippen LogP contribution in [0.3, 0.4) is 0 Å². The van der Waals surface area contributed by atoms with E-state index < -0.39 is 0 Å². The zero-order chi connectivity index (χ0) is 38.9. The lowest BCUT2D eigenvalue weighted by molar-refractivity contribution is -0.129. The Morgan fingerprint density at radius 1 is 0.782 bits per heavy atom. The molecule has 12 nitrogen and oxygen atoms in total. The van der Waals surface area contributed by atoms with E-state index in [1.165, 1.54) is 0 Å². The summed E-state index contributed by atoms with van der Waals surface area (Å²) in [7, 11) is 1.61. The molecule has 55 heavy (non-hydrogen) atoms. The van der Waals surface area contributed by atoms with Gasteiger partial charge in [0.15, 0.2) is 5.82 Å². The number of anilines is 4. The summed E-state index contributed by atoms with van der Waals surface area (Å²) in [6, 6.07) is 20.7. The second kappa shape index (κ2) is 18.7. The van der Waals surface area contributed by atoms with Gasteiger partial charge in [0.1, 0.15) is 10.8 Å². The number of hydrogen-bond acceptors (Lipinski definition) is 9. The van der Waals surface area contributed by atoms with Crippen LogP contribution >= 0.6 is 34.8 Å². The maximum atomic E-state index is 13.3. The Labute approximate surface area is 336 Å². The first kappa shape index (κ1) is 39.9. The number of hydrogen-bond donors (Lipinski definition) is 3. The number of carbonyl (C=O) groups is 3. The molecular weight excluding hydrogens is 763 g/mol. The minimum absolute atomic E-state index is 0.0832. The van der Waals surface area contributed by atoms with Gasteiger partial charge in [-0.15, -0.1) is 0 Å². The zero-order valence-corrected chi connectivity index (χ0v) is 33.1. The third kappa shape index (κ3) is 10.7. The molecule has 0 aliphatic carbocycles. The second-order valence-corrected chi connectivity index (χ2v) is 15.1. The molecule has 2 saturated heterocycles. The van der Waals surface area contributed by atoms with Crippen molar-refractivity contribution in [3.05, 3.63) is 99.1 Å². The lowest BCUT2D eigenvalue weighted by Gasteiger charge is -2.38. The minimum Gasteiger partial charge on any atom is -0.494 e. The van der Waals surface area contributed by atoms with E-state index in [9.17, 15) is 14.4 Å². The van der Waals surface area contributed by atoms with E-state index >= 15 is 0 Å². The third-order valence-corrected chi connectivity index (χ3v) is 11.0. The summed E-state index contributed by atoms with van der Waals surface area (Å²) < 4.78 is 5.75. The van der Waals surface area contributed by atoms with E-state index in [1.54, 1.807) is 32.4 Å². The summed E-state index contributed by atoms with van der Waals surface area (Å²) in [6.45, 7) is 6.01. The first-order chi connectivity index (χ1) is 26.6. The number of nitrogens with zero attached hydrogens (tertiary/aromatic N) is 5. The van der Waals surface area contributed by atoms with E-state index in [2.05, 4.69) is 25.8 Å². The molecule has 0 spiro atoms. The van der Waals surface area contributed by atoms with Crippen LogP contribution in [-0.4, -0.2) is 79.0 Å². The van der Waals surface area contributed by atoms with E-state index in [4.69, 9.17) is 44.5 Å². The predicted molar refractivity (Wildman–Crippen MR) is 217 cm³/mol. The molecule has 2 atom stereocenters. The lowest BCUT2D eigenvalue weighted by atomic mass is 9.84. The van der Waals surface area contributed by atoms with E-state index in [0.29, 0.717) is 84.0 Å². The van der Waals surface area contributed by atoms with Gasteiger partial charge in [-0.3, -0.25) is 14.4 Å². The molecule has 0 unspecified atom stereocenters. The van der Waals surface area contributed by atoms with Crippen LogP contribution in [0, 0.1) is 11.8 Å². The number of aromatic nitrogens is 2. The second-order valence-electron chi connectivity index (χ2n) is 13.9. The van der Waals surface area contributed by atoms with Gasteiger partial charge in [-0.25, -0.2) is 4.98 Å². The summed E-state index contributed by atoms with van der Waals surface area (Å²) >= 11 is 19.4. The Kier molecular flexibility index (Phi) is 13.6. The Morgan fingerprint density at radius 2 is 1.36 bits per heavy atom. The Balaban J connectivity index is 1.16. The van der Waals surface area contributed by atoms with E-state index in [-0.39, 0.29) is 42.4 Å². The van der Waals surface area contributed by atoms with Gasteiger partial charge < -0.3 is 35.4 Å². The van der Waals surface area contributed by atoms with Crippen LogP contribution in [0.4, 0.5) is 23.1 Å². The summed E-state index contributed by atoms with van der Waals surface area (Å²) in [5.41, 5.74) is 3.33. The van der Waals surface area contributed by atoms with Crippen LogP contribution in [-0.2, 0) is 27.5 Å². The highest BCUT2D eigenvalue weighted by Gasteiger charge is 2.32. The predicted octanol–water partition coefficient (Wildman–Crippen LogP) is 6.71. The van der Waals surface area contributed by atoms with Gasteiger partial charge in [-0.1, -0.05) is 71.2 Å². The van der Waals surface area contributed by atoms with Crippen LogP contribution in [0.5, 0.6) is 5.75 Å². The molecular formula is C40H45Cl3N8O4. The number of rotatable bonds is 13. The lowest BCUT2D eigenvalue weighted by Crippen LogP contribution is -2.48. The molecule has 0 radical (unpaired) electrons. The van der Waals surface area contributed by atoms with Crippen LogP contribution in [0.25, 0.3) is 0 Å². The number of piperazine rings is 1.